The maximum Gasteiger partial charge on any atom is 0.234 e. The van der Waals surface area contributed by atoms with Crippen LogP contribution in [0.25, 0.3) is 6.08 Å². The molecule has 148 valence electrons. The highest BCUT2D eigenvalue weighted by Crippen LogP contribution is 2.17. The van der Waals surface area contributed by atoms with E-state index in [-0.39, 0.29) is 11.9 Å². The number of carbonyl (C=O) groups is 1. The summed E-state index contributed by atoms with van der Waals surface area (Å²) in [5.41, 5.74) is 2.25. The van der Waals surface area contributed by atoms with Crippen LogP contribution in [-0.2, 0) is 4.79 Å². The molecular weight excluding hydrogens is 370 g/mol. The predicted octanol–water partition coefficient (Wildman–Crippen LogP) is 3.85. The van der Waals surface area contributed by atoms with Gasteiger partial charge in [0.15, 0.2) is 0 Å². The molecule has 28 heavy (non-hydrogen) atoms. The molecule has 0 unspecified atom stereocenters. The molecule has 2 aromatic carbocycles. The van der Waals surface area contributed by atoms with Crippen molar-refractivity contribution in [2.75, 3.05) is 39.3 Å². The van der Waals surface area contributed by atoms with Crippen molar-refractivity contribution in [1.82, 2.24) is 15.1 Å². The van der Waals surface area contributed by atoms with Crippen LogP contribution < -0.4 is 5.32 Å². The quantitative estimate of drug-likeness (QED) is 0.770. The van der Waals surface area contributed by atoms with Gasteiger partial charge in [0.05, 0.1) is 12.6 Å². The van der Waals surface area contributed by atoms with Crippen molar-refractivity contribution in [3.8, 4) is 0 Å². The first-order valence-corrected chi connectivity index (χ1v) is 10.2. The Morgan fingerprint density at radius 2 is 1.79 bits per heavy atom. The van der Waals surface area contributed by atoms with Crippen molar-refractivity contribution in [1.29, 1.82) is 0 Å². The molecule has 1 aliphatic heterocycles. The Bertz CT molecular complexity index is 785. The minimum absolute atomic E-state index is 0.0457. The van der Waals surface area contributed by atoms with E-state index in [1.807, 2.05) is 37.3 Å². The molecule has 0 radical (unpaired) electrons. The number of halogens is 1. The summed E-state index contributed by atoms with van der Waals surface area (Å²) in [6.45, 7) is 7.17. The lowest BCUT2D eigenvalue weighted by Gasteiger charge is -2.33. The summed E-state index contributed by atoms with van der Waals surface area (Å²) in [5.74, 6) is 0.0601. The van der Waals surface area contributed by atoms with Gasteiger partial charge in [-0.1, -0.05) is 66.2 Å². The van der Waals surface area contributed by atoms with Crippen LogP contribution in [-0.4, -0.2) is 55.0 Å². The van der Waals surface area contributed by atoms with Gasteiger partial charge in [-0.15, -0.1) is 0 Å². The summed E-state index contributed by atoms with van der Waals surface area (Å²) in [6, 6.07) is 17.9. The fourth-order valence-corrected chi connectivity index (χ4v) is 3.58. The number of hydrogen-bond acceptors (Lipinski definition) is 3. The summed E-state index contributed by atoms with van der Waals surface area (Å²) >= 11 is 6.04. The Morgan fingerprint density at radius 3 is 2.50 bits per heavy atom. The SMILES string of the molecule is C[C@@H](NC(=O)CN1CCN(C/C=C/c2ccccc2)CC1)c1cccc(Cl)c1. The number of piperazine rings is 1. The lowest BCUT2D eigenvalue weighted by atomic mass is 10.1. The molecule has 0 aliphatic carbocycles. The predicted molar refractivity (Wildman–Crippen MR) is 116 cm³/mol. The van der Waals surface area contributed by atoms with Crippen LogP contribution in [0.1, 0.15) is 24.1 Å². The molecule has 1 heterocycles. The maximum absolute atomic E-state index is 12.4. The molecule has 1 N–H and O–H groups in total. The van der Waals surface area contributed by atoms with Gasteiger partial charge in [-0.3, -0.25) is 14.6 Å². The van der Waals surface area contributed by atoms with Crippen molar-refractivity contribution >= 4 is 23.6 Å². The van der Waals surface area contributed by atoms with Gasteiger partial charge in [-0.05, 0) is 30.2 Å². The highest BCUT2D eigenvalue weighted by atomic mass is 35.5. The van der Waals surface area contributed by atoms with Gasteiger partial charge < -0.3 is 5.32 Å². The fraction of sp³-hybridized carbons (Fsp3) is 0.348. The van der Waals surface area contributed by atoms with Crippen molar-refractivity contribution in [3.63, 3.8) is 0 Å². The second-order valence-electron chi connectivity index (χ2n) is 7.23. The minimum atomic E-state index is -0.0457. The first-order chi connectivity index (χ1) is 13.6. The second-order valence-corrected chi connectivity index (χ2v) is 7.67. The van der Waals surface area contributed by atoms with Gasteiger partial charge in [-0.25, -0.2) is 0 Å². The number of rotatable bonds is 7. The highest BCUT2D eigenvalue weighted by molar-refractivity contribution is 6.30. The van der Waals surface area contributed by atoms with Crippen LogP contribution in [0.15, 0.2) is 60.7 Å². The lowest BCUT2D eigenvalue weighted by molar-refractivity contribution is -0.123. The molecule has 0 bridgehead atoms. The Labute approximate surface area is 172 Å². The van der Waals surface area contributed by atoms with E-state index in [4.69, 9.17) is 11.6 Å². The van der Waals surface area contributed by atoms with E-state index in [0.29, 0.717) is 11.6 Å². The molecule has 4 nitrogen and oxygen atoms in total. The van der Waals surface area contributed by atoms with E-state index in [1.165, 1.54) is 5.56 Å². The molecule has 5 heteroatoms. The van der Waals surface area contributed by atoms with Crippen LogP contribution >= 0.6 is 11.6 Å². The fourth-order valence-electron chi connectivity index (χ4n) is 3.38. The van der Waals surface area contributed by atoms with Crippen molar-refractivity contribution in [2.45, 2.75) is 13.0 Å². The summed E-state index contributed by atoms with van der Waals surface area (Å²) in [4.78, 5) is 17.0. The van der Waals surface area contributed by atoms with E-state index in [2.05, 4.69) is 51.5 Å². The van der Waals surface area contributed by atoms with Crippen LogP contribution in [0.5, 0.6) is 0 Å². The third-order valence-corrected chi connectivity index (χ3v) is 5.27. The molecule has 1 saturated heterocycles. The van der Waals surface area contributed by atoms with E-state index in [0.717, 1.165) is 38.3 Å². The Kier molecular flexibility index (Phi) is 7.66. The molecule has 0 spiro atoms. The highest BCUT2D eigenvalue weighted by Gasteiger charge is 2.19. The van der Waals surface area contributed by atoms with Crippen molar-refractivity contribution < 1.29 is 4.79 Å². The van der Waals surface area contributed by atoms with Gasteiger partial charge in [0.25, 0.3) is 0 Å². The normalized spacial score (nSPS) is 16.9. The number of amides is 1. The average molecular weight is 398 g/mol. The van der Waals surface area contributed by atoms with Gasteiger partial charge in [-0.2, -0.15) is 0 Å². The smallest absolute Gasteiger partial charge is 0.234 e. The Hall–Kier alpha value is -2.14. The van der Waals surface area contributed by atoms with E-state index in [9.17, 15) is 4.79 Å². The molecule has 2 aromatic rings. The zero-order valence-corrected chi connectivity index (χ0v) is 17.1. The first kappa shape index (κ1) is 20.6. The molecule has 0 aromatic heterocycles. The molecule has 0 saturated carbocycles. The standard InChI is InChI=1S/C23H28ClN3O/c1-19(21-10-5-11-22(24)17-21)25-23(28)18-27-15-13-26(14-16-27)12-6-9-20-7-3-2-4-8-20/h2-11,17,19H,12-16,18H2,1H3,(H,25,28)/b9-6+/t19-/m1/s1. The molecule has 3 rings (SSSR count). The number of hydrogen-bond donors (Lipinski definition) is 1. The summed E-state index contributed by atoms with van der Waals surface area (Å²) in [7, 11) is 0. The van der Waals surface area contributed by atoms with Crippen LogP contribution in [0.2, 0.25) is 5.02 Å². The van der Waals surface area contributed by atoms with Crippen LogP contribution in [0.4, 0.5) is 0 Å². The zero-order chi connectivity index (χ0) is 19.8. The number of carbonyl (C=O) groups excluding carboxylic acids is 1. The minimum Gasteiger partial charge on any atom is -0.348 e. The van der Waals surface area contributed by atoms with E-state index < -0.39 is 0 Å². The van der Waals surface area contributed by atoms with Gasteiger partial charge >= 0.3 is 0 Å². The third kappa shape index (κ3) is 6.48. The number of nitrogens with zero attached hydrogens (tertiary/aromatic N) is 2. The summed E-state index contributed by atoms with van der Waals surface area (Å²) in [5, 5.41) is 3.76. The average Bonchev–Trinajstić information content (AvgIpc) is 2.70. The van der Waals surface area contributed by atoms with E-state index in [1.54, 1.807) is 0 Å². The van der Waals surface area contributed by atoms with E-state index >= 15 is 0 Å². The molecule has 1 fully saturated rings. The van der Waals surface area contributed by atoms with Gasteiger partial charge in [0, 0.05) is 37.7 Å². The zero-order valence-electron chi connectivity index (χ0n) is 16.4. The maximum atomic E-state index is 12.4. The molecular formula is C23H28ClN3O. The summed E-state index contributed by atoms with van der Waals surface area (Å²) in [6.07, 6.45) is 4.38. The largest absolute Gasteiger partial charge is 0.348 e. The first-order valence-electron chi connectivity index (χ1n) is 9.81. The molecule has 1 aliphatic rings. The Morgan fingerprint density at radius 1 is 1.07 bits per heavy atom. The topological polar surface area (TPSA) is 35.6 Å². The van der Waals surface area contributed by atoms with Crippen LogP contribution in [0.3, 0.4) is 0 Å². The summed E-state index contributed by atoms with van der Waals surface area (Å²) < 4.78 is 0. The van der Waals surface area contributed by atoms with Crippen LogP contribution in [0, 0.1) is 0 Å². The number of benzene rings is 2. The second kappa shape index (κ2) is 10.4. The lowest BCUT2D eigenvalue weighted by Crippen LogP contribution is -2.49. The molecule has 1 atom stereocenters. The van der Waals surface area contributed by atoms with Crippen molar-refractivity contribution in [3.05, 3.63) is 76.8 Å². The number of nitrogens with one attached hydrogen (secondary N) is 1. The third-order valence-electron chi connectivity index (χ3n) is 5.03. The van der Waals surface area contributed by atoms with Crippen molar-refractivity contribution in [2.24, 2.45) is 0 Å². The van der Waals surface area contributed by atoms with Gasteiger partial charge in [0.1, 0.15) is 0 Å². The monoisotopic (exact) mass is 397 g/mol. The Balaban J connectivity index is 1.38. The van der Waals surface area contributed by atoms with Gasteiger partial charge in [0.2, 0.25) is 5.91 Å². The molecule has 1 amide bonds.